The molecule has 2 rings (SSSR count). The van der Waals surface area contributed by atoms with Gasteiger partial charge in [0.2, 0.25) is 5.91 Å². The zero-order valence-electron chi connectivity index (χ0n) is 11.3. The number of likely N-dealkylation sites (N-methyl/N-ethyl adjacent to an activating group) is 1. The summed E-state index contributed by atoms with van der Waals surface area (Å²) in [4.78, 5) is 16.5. The Kier molecular flexibility index (Phi) is 4.05. The maximum Gasteiger partial charge on any atom is 0.239 e. The van der Waals surface area contributed by atoms with Crippen LogP contribution >= 0.6 is 0 Å². The first-order valence-electron chi connectivity index (χ1n) is 6.79. The SMILES string of the molecule is CC1CC1CN(C)C(=O)C(C)N1CCNCC1. The molecule has 2 fully saturated rings. The Bertz CT molecular complexity index is 276. The van der Waals surface area contributed by atoms with Crippen LogP contribution in [0.1, 0.15) is 20.3 Å². The van der Waals surface area contributed by atoms with E-state index in [1.165, 1.54) is 6.42 Å². The second kappa shape index (κ2) is 5.36. The summed E-state index contributed by atoms with van der Waals surface area (Å²) < 4.78 is 0. The van der Waals surface area contributed by atoms with Crippen LogP contribution < -0.4 is 5.32 Å². The van der Waals surface area contributed by atoms with Crippen molar-refractivity contribution in [3.8, 4) is 0 Å². The van der Waals surface area contributed by atoms with E-state index in [0.29, 0.717) is 0 Å². The molecule has 3 atom stereocenters. The van der Waals surface area contributed by atoms with Crippen LogP contribution in [0.25, 0.3) is 0 Å². The molecule has 0 aromatic carbocycles. The van der Waals surface area contributed by atoms with E-state index < -0.39 is 0 Å². The molecule has 1 N–H and O–H groups in total. The van der Waals surface area contributed by atoms with Crippen molar-refractivity contribution in [3.05, 3.63) is 0 Å². The highest BCUT2D eigenvalue weighted by molar-refractivity contribution is 5.81. The summed E-state index contributed by atoms with van der Waals surface area (Å²) in [5, 5.41) is 3.32. The lowest BCUT2D eigenvalue weighted by Gasteiger charge is -2.34. The molecule has 1 saturated heterocycles. The summed E-state index contributed by atoms with van der Waals surface area (Å²) in [5.74, 6) is 1.85. The van der Waals surface area contributed by atoms with Crippen LogP contribution in [-0.4, -0.2) is 61.5 Å². The highest BCUT2D eigenvalue weighted by Crippen LogP contribution is 2.38. The molecule has 17 heavy (non-hydrogen) atoms. The lowest BCUT2D eigenvalue weighted by Crippen LogP contribution is -2.53. The number of hydrogen-bond donors (Lipinski definition) is 1. The van der Waals surface area contributed by atoms with Gasteiger partial charge in [-0.3, -0.25) is 9.69 Å². The third kappa shape index (κ3) is 3.19. The first-order chi connectivity index (χ1) is 8.09. The summed E-state index contributed by atoms with van der Waals surface area (Å²) in [7, 11) is 1.95. The molecule has 1 aliphatic heterocycles. The van der Waals surface area contributed by atoms with E-state index in [2.05, 4.69) is 17.1 Å². The average Bonchev–Trinajstić information content (AvgIpc) is 3.04. The van der Waals surface area contributed by atoms with Crippen molar-refractivity contribution in [1.82, 2.24) is 15.1 Å². The molecule has 2 aliphatic rings. The third-order valence-electron chi connectivity index (χ3n) is 4.22. The van der Waals surface area contributed by atoms with Crippen LogP contribution in [0, 0.1) is 11.8 Å². The number of hydrogen-bond acceptors (Lipinski definition) is 3. The molecule has 1 saturated carbocycles. The Labute approximate surface area is 104 Å². The predicted octanol–water partition coefficient (Wildman–Crippen LogP) is 0.395. The molecule has 3 unspecified atom stereocenters. The van der Waals surface area contributed by atoms with E-state index in [-0.39, 0.29) is 11.9 Å². The maximum absolute atomic E-state index is 12.3. The standard InChI is InChI=1S/C13H25N3O/c1-10-8-12(10)9-15(3)13(17)11(2)16-6-4-14-5-7-16/h10-12,14H,4-9H2,1-3H3. The second-order valence-corrected chi connectivity index (χ2v) is 5.65. The van der Waals surface area contributed by atoms with E-state index in [1.807, 2.05) is 18.9 Å². The van der Waals surface area contributed by atoms with Crippen LogP contribution in [0.4, 0.5) is 0 Å². The molecule has 98 valence electrons. The van der Waals surface area contributed by atoms with Gasteiger partial charge in [0.1, 0.15) is 0 Å². The van der Waals surface area contributed by atoms with Gasteiger partial charge in [-0.1, -0.05) is 6.92 Å². The number of carbonyl (C=O) groups excluding carboxylic acids is 1. The third-order valence-corrected chi connectivity index (χ3v) is 4.22. The Balaban J connectivity index is 1.80. The Morgan fingerprint density at radius 2 is 2.06 bits per heavy atom. The lowest BCUT2D eigenvalue weighted by molar-refractivity contribution is -0.135. The van der Waals surface area contributed by atoms with E-state index in [9.17, 15) is 4.79 Å². The first-order valence-corrected chi connectivity index (χ1v) is 6.79. The minimum Gasteiger partial charge on any atom is -0.344 e. The van der Waals surface area contributed by atoms with E-state index >= 15 is 0 Å². The van der Waals surface area contributed by atoms with Gasteiger partial charge in [-0.05, 0) is 25.2 Å². The fourth-order valence-corrected chi connectivity index (χ4v) is 2.64. The molecule has 0 aromatic heterocycles. The molecule has 1 amide bonds. The fourth-order valence-electron chi connectivity index (χ4n) is 2.64. The Morgan fingerprint density at radius 3 is 2.59 bits per heavy atom. The van der Waals surface area contributed by atoms with Crippen molar-refractivity contribution in [3.63, 3.8) is 0 Å². The molecule has 0 spiro atoms. The van der Waals surface area contributed by atoms with E-state index in [0.717, 1.165) is 44.6 Å². The van der Waals surface area contributed by atoms with Crippen molar-refractivity contribution in [2.45, 2.75) is 26.3 Å². The maximum atomic E-state index is 12.3. The summed E-state index contributed by atoms with van der Waals surface area (Å²) in [6, 6.07) is 0.0381. The van der Waals surface area contributed by atoms with Crippen molar-refractivity contribution in [2.75, 3.05) is 39.8 Å². The summed E-state index contributed by atoms with van der Waals surface area (Å²) in [6.45, 7) is 9.22. The average molecular weight is 239 g/mol. The smallest absolute Gasteiger partial charge is 0.239 e. The van der Waals surface area contributed by atoms with Crippen LogP contribution in [0.2, 0.25) is 0 Å². The summed E-state index contributed by atoms with van der Waals surface area (Å²) in [6.07, 6.45) is 1.29. The second-order valence-electron chi connectivity index (χ2n) is 5.65. The molecular formula is C13H25N3O. The summed E-state index contributed by atoms with van der Waals surface area (Å²) in [5.41, 5.74) is 0. The van der Waals surface area contributed by atoms with Crippen molar-refractivity contribution in [2.24, 2.45) is 11.8 Å². The zero-order valence-corrected chi connectivity index (χ0v) is 11.3. The molecule has 0 bridgehead atoms. The van der Waals surface area contributed by atoms with Crippen molar-refractivity contribution < 1.29 is 4.79 Å². The molecular weight excluding hydrogens is 214 g/mol. The van der Waals surface area contributed by atoms with Gasteiger partial charge in [-0.15, -0.1) is 0 Å². The zero-order chi connectivity index (χ0) is 12.4. The predicted molar refractivity (Wildman–Crippen MR) is 68.8 cm³/mol. The minimum atomic E-state index is 0.0381. The van der Waals surface area contributed by atoms with Gasteiger partial charge in [0, 0.05) is 39.8 Å². The lowest BCUT2D eigenvalue weighted by atomic mass is 10.2. The van der Waals surface area contributed by atoms with Crippen LogP contribution in [0.15, 0.2) is 0 Å². The van der Waals surface area contributed by atoms with Gasteiger partial charge in [0.05, 0.1) is 6.04 Å². The number of amides is 1. The van der Waals surface area contributed by atoms with E-state index in [1.54, 1.807) is 0 Å². The molecule has 1 aliphatic carbocycles. The van der Waals surface area contributed by atoms with Crippen LogP contribution in [0.3, 0.4) is 0 Å². The number of rotatable bonds is 4. The minimum absolute atomic E-state index is 0.0381. The van der Waals surface area contributed by atoms with Crippen molar-refractivity contribution in [1.29, 1.82) is 0 Å². The van der Waals surface area contributed by atoms with Gasteiger partial charge in [0.25, 0.3) is 0 Å². The van der Waals surface area contributed by atoms with Gasteiger partial charge in [-0.2, -0.15) is 0 Å². The molecule has 4 nitrogen and oxygen atoms in total. The molecule has 4 heteroatoms. The molecule has 1 heterocycles. The fraction of sp³-hybridized carbons (Fsp3) is 0.923. The topological polar surface area (TPSA) is 35.6 Å². The molecule has 0 aromatic rings. The van der Waals surface area contributed by atoms with Gasteiger partial charge in [0.15, 0.2) is 0 Å². The van der Waals surface area contributed by atoms with Gasteiger partial charge in [-0.25, -0.2) is 0 Å². The first kappa shape index (κ1) is 12.8. The Hall–Kier alpha value is -0.610. The number of piperazine rings is 1. The van der Waals surface area contributed by atoms with Crippen LogP contribution in [-0.2, 0) is 4.79 Å². The number of nitrogens with one attached hydrogen (secondary N) is 1. The van der Waals surface area contributed by atoms with Crippen LogP contribution in [0.5, 0.6) is 0 Å². The van der Waals surface area contributed by atoms with Gasteiger partial charge < -0.3 is 10.2 Å². The highest BCUT2D eigenvalue weighted by Gasteiger charge is 2.35. The monoisotopic (exact) mass is 239 g/mol. The largest absolute Gasteiger partial charge is 0.344 e. The van der Waals surface area contributed by atoms with Crippen molar-refractivity contribution >= 4 is 5.91 Å². The normalized spacial score (nSPS) is 31.0. The highest BCUT2D eigenvalue weighted by atomic mass is 16.2. The quantitative estimate of drug-likeness (QED) is 0.771. The Morgan fingerprint density at radius 1 is 1.47 bits per heavy atom. The number of carbonyl (C=O) groups is 1. The number of nitrogens with zero attached hydrogens (tertiary/aromatic N) is 2. The van der Waals surface area contributed by atoms with Gasteiger partial charge >= 0.3 is 0 Å². The van der Waals surface area contributed by atoms with E-state index in [4.69, 9.17) is 0 Å². The summed E-state index contributed by atoms with van der Waals surface area (Å²) >= 11 is 0. The molecule has 0 radical (unpaired) electrons.